The fourth-order valence-electron chi connectivity index (χ4n) is 4.65. The van der Waals surface area contributed by atoms with E-state index in [4.69, 9.17) is 18.9 Å². The highest BCUT2D eigenvalue weighted by molar-refractivity contribution is 5.76. The lowest BCUT2D eigenvalue weighted by molar-refractivity contribution is -0.163. The average Bonchev–Trinajstić information content (AvgIpc) is 3.29. The predicted octanol–water partition coefficient (Wildman–Crippen LogP) is 3.28. The van der Waals surface area contributed by atoms with E-state index in [2.05, 4.69) is 17.0 Å². The first-order valence-corrected chi connectivity index (χ1v) is 12.0. The molecule has 190 valence electrons. The van der Waals surface area contributed by atoms with E-state index in [-0.39, 0.29) is 12.6 Å². The van der Waals surface area contributed by atoms with Crippen molar-refractivity contribution in [3.05, 3.63) is 82.9 Å². The Hall–Kier alpha value is -3.49. The van der Waals surface area contributed by atoms with Crippen LogP contribution in [0.25, 0.3) is 0 Å². The van der Waals surface area contributed by atoms with Gasteiger partial charge < -0.3 is 18.9 Å². The number of hydrogen-bond acceptors (Lipinski definition) is 8. The van der Waals surface area contributed by atoms with Gasteiger partial charge in [0, 0.05) is 26.9 Å². The third kappa shape index (κ3) is 6.19. The number of fused-ring (bicyclic) bond motifs is 1. The van der Waals surface area contributed by atoms with E-state index < -0.39 is 36.3 Å². The first-order chi connectivity index (χ1) is 17.3. The quantitative estimate of drug-likeness (QED) is 0.314. The van der Waals surface area contributed by atoms with E-state index in [1.54, 1.807) is 6.08 Å². The Balaban J connectivity index is 1.50. The number of rotatable bonds is 8. The fourth-order valence-corrected chi connectivity index (χ4v) is 4.65. The monoisotopic (exact) mass is 493 g/mol. The molecule has 0 radical (unpaired) electrons. The second-order valence-corrected chi connectivity index (χ2v) is 9.02. The van der Waals surface area contributed by atoms with Crippen molar-refractivity contribution in [2.75, 3.05) is 13.7 Å². The summed E-state index contributed by atoms with van der Waals surface area (Å²) in [5, 5.41) is 0. The van der Waals surface area contributed by atoms with Gasteiger partial charge in [-0.05, 0) is 34.8 Å². The van der Waals surface area contributed by atoms with Crippen molar-refractivity contribution in [3.63, 3.8) is 0 Å². The molecule has 0 spiro atoms. The van der Waals surface area contributed by atoms with Crippen LogP contribution in [0.1, 0.15) is 42.2 Å². The second kappa shape index (κ2) is 11.5. The van der Waals surface area contributed by atoms with Gasteiger partial charge in [-0.1, -0.05) is 54.6 Å². The number of ether oxygens (including phenoxy) is 4. The van der Waals surface area contributed by atoms with E-state index in [1.807, 2.05) is 42.5 Å². The average molecular weight is 494 g/mol. The van der Waals surface area contributed by atoms with E-state index in [1.165, 1.54) is 21.0 Å². The van der Waals surface area contributed by atoms with E-state index in [0.29, 0.717) is 19.5 Å². The Labute approximate surface area is 210 Å². The van der Waals surface area contributed by atoms with Crippen molar-refractivity contribution in [2.24, 2.45) is 0 Å². The summed E-state index contributed by atoms with van der Waals surface area (Å²) in [5.74, 6) is -1.12. The Morgan fingerprint density at radius 3 is 2.44 bits per heavy atom. The van der Waals surface area contributed by atoms with Crippen molar-refractivity contribution >= 4 is 17.9 Å². The van der Waals surface area contributed by atoms with Crippen molar-refractivity contribution in [2.45, 2.75) is 57.7 Å². The molecule has 0 amide bonds. The summed E-state index contributed by atoms with van der Waals surface area (Å²) in [6.07, 6.45) is 2.54. The molecule has 2 aliphatic heterocycles. The van der Waals surface area contributed by atoms with Crippen LogP contribution in [-0.4, -0.2) is 54.8 Å². The molecule has 0 N–H and O–H groups in total. The minimum Gasteiger partial charge on any atom is -0.468 e. The highest BCUT2D eigenvalue weighted by atomic mass is 16.6. The number of methoxy groups -OCH3 is 1. The molecule has 0 aliphatic carbocycles. The Morgan fingerprint density at radius 1 is 1.00 bits per heavy atom. The first-order valence-electron chi connectivity index (χ1n) is 12.0. The van der Waals surface area contributed by atoms with Crippen molar-refractivity contribution in [1.82, 2.24) is 4.90 Å². The van der Waals surface area contributed by atoms with Crippen LogP contribution in [0.3, 0.4) is 0 Å². The largest absolute Gasteiger partial charge is 0.468 e. The van der Waals surface area contributed by atoms with E-state index in [9.17, 15) is 14.4 Å². The number of nitrogens with zero attached hydrogens (tertiary/aromatic N) is 1. The van der Waals surface area contributed by atoms with Gasteiger partial charge in [0.05, 0.1) is 7.11 Å². The van der Waals surface area contributed by atoms with Gasteiger partial charge in [0.25, 0.3) is 0 Å². The fraction of sp³-hybridized carbons (Fsp3) is 0.393. The molecule has 36 heavy (non-hydrogen) atoms. The summed E-state index contributed by atoms with van der Waals surface area (Å²) in [6, 6.07) is 15.7. The molecular formula is C28H31NO7. The highest BCUT2D eigenvalue weighted by Gasteiger charge is 2.34. The maximum Gasteiger partial charge on any atom is 0.323 e. The number of hydrogen-bond donors (Lipinski definition) is 0. The number of esters is 3. The molecule has 0 saturated carbocycles. The lowest BCUT2D eigenvalue weighted by Crippen LogP contribution is -2.40. The zero-order chi connectivity index (χ0) is 25.7. The second-order valence-electron chi connectivity index (χ2n) is 9.02. The maximum atomic E-state index is 12.7. The van der Waals surface area contributed by atoms with Crippen molar-refractivity contribution in [3.8, 4) is 0 Å². The van der Waals surface area contributed by atoms with Crippen LogP contribution in [-0.2, 0) is 52.8 Å². The molecule has 2 aromatic rings. The molecule has 0 bridgehead atoms. The number of benzene rings is 2. The van der Waals surface area contributed by atoms with Crippen molar-refractivity contribution in [1.29, 1.82) is 0 Å². The van der Waals surface area contributed by atoms with Crippen LogP contribution < -0.4 is 0 Å². The third-order valence-electron chi connectivity index (χ3n) is 6.41. The summed E-state index contributed by atoms with van der Waals surface area (Å²) >= 11 is 0. The van der Waals surface area contributed by atoms with Gasteiger partial charge in [-0.25, -0.2) is 0 Å². The third-order valence-corrected chi connectivity index (χ3v) is 6.41. The summed E-state index contributed by atoms with van der Waals surface area (Å²) in [5.41, 5.74) is 4.27. The predicted molar refractivity (Wildman–Crippen MR) is 131 cm³/mol. The van der Waals surface area contributed by atoms with E-state index >= 15 is 0 Å². The minimum atomic E-state index is -0.637. The maximum absolute atomic E-state index is 12.7. The summed E-state index contributed by atoms with van der Waals surface area (Å²) in [7, 11) is 1.42. The number of carbonyl (C=O) groups excluding carboxylic acids is 3. The number of carbonyl (C=O) groups is 3. The highest BCUT2D eigenvalue weighted by Crippen LogP contribution is 2.33. The SMILES string of the molecule is COC(=O)[C@H](Cc1ccccc1)N1Cc2ccc([C@@H]3C=C[C@H](OC(C)=O)[C@@H](COC(C)=O)O3)cc2C1. The van der Waals surface area contributed by atoms with Crippen LogP contribution >= 0.6 is 0 Å². The van der Waals surface area contributed by atoms with E-state index in [0.717, 1.165) is 22.3 Å². The molecule has 0 fully saturated rings. The van der Waals surface area contributed by atoms with Gasteiger partial charge in [0.2, 0.25) is 0 Å². The van der Waals surface area contributed by atoms with Gasteiger partial charge in [-0.3, -0.25) is 19.3 Å². The molecular weight excluding hydrogens is 462 g/mol. The molecule has 4 atom stereocenters. The van der Waals surface area contributed by atoms with Crippen LogP contribution in [0, 0.1) is 0 Å². The minimum absolute atomic E-state index is 0.0207. The molecule has 0 saturated heterocycles. The molecule has 2 aromatic carbocycles. The zero-order valence-electron chi connectivity index (χ0n) is 20.7. The van der Waals surface area contributed by atoms with Crippen LogP contribution in [0.15, 0.2) is 60.7 Å². The molecule has 4 rings (SSSR count). The van der Waals surface area contributed by atoms with Crippen molar-refractivity contribution < 1.29 is 33.3 Å². The zero-order valence-corrected chi connectivity index (χ0v) is 20.7. The standard InChI is InChI=1S/C28H31NO7/c1-18(30)34-17-27-26(35-19(2)31)12-11-25(36-27)21-9-10-22-15-29(16-23(22)14-21)24(28(32)33-3)13-20-7-5-4-6-8-20/h4-12,14,24-27H,13,15-17H2,1-3H3/t24-,25-,26-,27+/m0/s1. The molecule has 2 heterocycles. The normalized spacial score (nSPS) is 21.9. The lowest BCUT2D eigenvalue weighted by Gasteiger charge is -2.31. The van der Waals surface area contributed by atoms with Gasteiger partial charge in [-0.2, -0.15) is 0 Å². The lowest BCUT2D eigenvalue weighted by atomic mass is 9.99. The van der Waals surface area contributed by atoms with Gasteiger partial charge in [0.1, 0.15) is 31.0 Å². The molecule has 8 heteroatoms. The van der Waals surface area contributed by atoms with Crippen LogP contribution in [0.2, 0.25) is 0 Å². The molecule has 0 aromatic heterocycles. The smallest absolute Gasteiger partial charge is 0.323 e. The Kier molecular flexibility index (Phi) is 8.18. The summed E-state index contributed by atoms with van der Waals surface area (Å²) in [6.45, 7) is 3.89. The first kappa shape index (κ1) is 25.6. The Bertz CT molecular complexity index is 1130. The topological polar surface area (TPSA) is 91.4 Å². The van der Waals surface area contributed by atoms with Gasteiger partial charge >= 0.3 is 17.9 Å². The molecule has 0 unspecified atom stereocenters. The van der Waals surface area contributed by atoms with Crippen LogP contribution in [0.4, 0.5) is 0 Å². The summed E-state index contributed by atoms with van der Waals surface area (Å²) < 4.78 is 21.8. The van der Waals surface area contributed by atoms with Gasteiger partial charge in [-0.15, -0.1) is 0 Å². The Morgan fingerprint density at radius 2 is 1.75 bits per heavy atom. The summed E-state index contributed by atoms with van der Waals surface area (Å²) in [4.78, 5) is 37.6. The molecule has 8 nitrogen and oxygen atoms in total. The van der Waals surface area contributed by atoms with Crippen LogP contribution in [0.5, 0.6) is 0 Å². The molecule has 2 aliphatic rings. The van der Waals surface area contributed by atoms with Gasteiger partial charge in [0.15, 0.2) is 0 Å².